The summed E-state index contributed by atoms with van der Waals surface area (Å²) in [6.07, 6.45) is -0.369. The van der Waals surface area contributed by atoms with Gasteiger partial charge in [0.05, 0.1) is 11.4 Å². The van der Waals surface area contributed by atoms with Crippen LogP contribution in [-0.2, 0) is 0 Å². The van der Waals surface area contributed by atoms with Crippen molar-refractivity contribution in [2.24, 2.45) is 0 Å². The first-order valence-corrected chi connectivity index (χ1v) is 5.86. The van der Waals surface area contributed by atoms with E-state index in [0.29, 0.717) is 30.3 Å². The van der Waals surface area contributed by atoms with Crippen molar-refractivity contribution >= 4 is 34.8 Å². The van der Waals surface area contributed by atoms with Crippen molar-refractivity contribution in [3.8, 4) is 0 Å². The molecule has 0 spiro atoms. The molecule has 98 valence electrons. The average Bonchev–Trinajstić information content (AvgIpc) is 2.31. The van der Waals surface area contributed by atoms with E-state index in [1.165, 1.54) is 0 Å². The van der Waals surface area contributed by atoms with Gasteiger partial charge in [-0.25, -0.2) is 4.79 Å². The highest BCUT2D eigenvalue weighted by Crippen LogP contribution is 2.16. The van der Waals surface area contributed by atoms with Crippen molar-refractivity contribution in [3.63, 3.8) is 0 Å². The lowest BCUT2D eigenvalue weighted by Gasteiger charge is -2.11. The molecule has 0 fully saturated rings. The molecule has 0 bridgehead atoms. The molecular weight excluding hydrogens is 252 g/mol. The van der Waals surface area contributed by atoms with Crippen LogP contribution < -0.4 is 21.7 Å². The van der Waals surface area contributed by atoms with Crippen LogP contribution in [0.4, 0.5) is 16.2 Å². The molecule has 1 amide bonds. The average molecular weight is 268 g/mol. The van der Waals surface area contributed by atoms with E-state index in [0.717, 1.165) is 5.69 Å². The third kappa shape index (κ3) is 5.35. The minimum Gasteiger partial charge on any atom is -0.465 e. The molecule has 1 aromatic carbocycles. The van der Waals surface area contributed by atoms with Crippen molar-refractivity contribution in [2.45, 2.75) is 6.42 Å². The number of carbonyl (C=O) groups is 1. The van der Waals surface area contributed by atoms with Gasteiger partial charge in [0.2, 0.25) is 0 Å². The summed E-state index contributed by atoms with van der Waals surface area (Å²) in [7, 11) is 0. The Bertz CT molecular complexity index is 425. The Kier molecular flexibility index (Phi) is 5.72. The molecule has 0 unspecified atom stereocenters. The number of thiocarbonyl (C=S) groups is 1. The molecule has 0 atom stereocenters. The van der Waals surface area contributed by atoms with Crippen LogP contribution in [0.5, 0.6) is 0 Å². The SMILES string of the molecule is Nc1ccccc1NC(=S)NCCCNC(=O)O. The fourth-order valence-electron chi connectivity index (χ4n) is 1.26. The van der Waals surface area contributed by atoms with Gasteiger partial charge in [-0.1, -0.05) is 12.1 Å². The summed E-state index contributed by atoms with van der Waals surface area (Å²) in [5, 5.41) is 17.0. The molecule has 18 heavy (non-hydrogen) atoms. The molecule has 6 nitrogen and oxygen atoms in total. The van der Waals surface area contributed by atoms with E-state index in [1.54, 1.807) is 6.07 Å². The molecule has 1 rings (SSSR count). The Labute approximate surface area is 111 Å². The Morgan fingerprint density at radius 1 is 1.28 bits per heavy atom. The van der Waals surface area contributed by atoms with Crippen molar-refractivity contribution in [2.75, 3.05) is 24.1 Å². The first kappa shape index (κ1) is 14.0. The summed E-state index contributed by atoms with van der Waals surface area (Å²) in [5.41, 5.74) is 7.12. The number of para-hydroxylation sites is 2. The molecular formula is C11H16N4O2S. The molecule has 0 heterocycles. The molecule has 0 aliphatic heterocycles. The zero-order valence-electron chi connectivity index (χ0n) is 9.77. The highest BCUT2D eigenvalue weighted by Gasteiger charge is 2.00. The molecule has 0 saturated carbocycles. The van der Waals surface area contributed by atoms with Gasteiger partial charge in [-0.2, -0.15) is 0 Å². The summed E-state index contributed by atoms with van der Waals surface area (Å²) < 4.78 is 0. The highest BCUT2D eigenvalue weighted by molar-refractivity contribution is 7.80. The summed E-state index contributed by atoms with van der Waals surface area (Å²) in [5.74, 6) is 0. The predicted molar refractivity (Wildman–Crippen MR) is 75.7 cm³/mol. The van der Waals surface area contributed by atoms with Crippen LogP contribution in [0.3, 0.4) is 0 Å². The number of benzene rings is 1. The van der Waals surface area contributed by atoms with Gasteiger partial charge in [-0.05, 0) is 30.8 Å². The fraction of sp³-hybridized carbons (Fsp3) is 0.273. The maximum Gasteiger partial charge on any atom is 0.404 e. The zero-order valence-corrected chi connectivity index (χ0v) is 10.6. The zero-order chi connectivity index (χ0) is 13.4. The van der Waals surface area contributed by atoms with Gasteiger partial charge in [-0.15, -0.1) is 0 Å². The molecule has 0 radical (unpaired) electrons. The Balaban J connectivity index is 2.22. The van der Waals surface area contributed by atoms with E-state index in [-0.39, 0.29) is 0 Å². The van der Waals surface area contributed by atoms with E-state index in [2.05, 4.69) is 16.0 Å². The van der Waals surface area contributed by atoms with Gasteiger partial charge >= 0.3 is 6.09 Å². The maximum atomic E-state index is 10.2. The topological polar surface area (TPSA) is 99.4 Å². The number of hydrogen-bond acceptors (Lipinski definition) is 3. The minimum atomic E-state index is -1.02. The Morgan fingerprint density at radius 2 is 1.94 bits per heavy atom. The number of nitrogens with one attached hydrogen (secondary N) is 3. The third-order valence-corrected chi connectivity index (χ3v) is 2.37. The number of amides is 1. The molecule has 6 N–H and O–H groups in total. The van der Waals surface area contributed by atoms with E-state index >= 15 is 0 Å². The summed E-state index contributed by atoms with van der Waals surface area (Å²) in [4.78, 5) is 10.2. The number of rotatable bonds is 5. The molecule has 7 heteroatoms. The second-order valence-electron chi connectivity index (χ2n) is 3.55. The fourth-order valence-corrected chi connectivity index (χ4v) is 1.47. The molecule has 0 aromatic heterocycles. The third-order valence-electron chi connectivity index (χ3n) is 2.12. The van der Waals surface area contributed by atoms with Crippen molar-refractivity contribution in [1.82, 2.24) is 10.6 Å². The maximum absolute atomic E-state index is 10.2. The second-order valence-corrected chi connectivity index (χ2v) is 3.96. The Hall–Kier alpha value is -2.02. The quantitative estimate of drug-likeness (QED) is 0.313. The number of anilines is 2. The number of hydrogen-bond donors (Lipinski definition) is 5. The second kappa shape index (κ2) is 7.33. The lowest BCUT2D eigenvalue weighted by molar-refractivity contribution is 0.194. The first-order valence-electron chi connectivity index (χ1n) is 5.45. The van der Waals surface area contributed by atoms with Crippen LogP contribution >= 0.6 is 12.2 Å². The molecule has 0 aliphatic carbocycles. The van der Waals surface area contributed by atoms with Crippen molar-refractivity contribution in [1.29, 1.82) is 0 Å². The van der Waals surface area contributed by atoms with Crippen LogP contribution in [0.25, 0.3) is 0 Å². The largest absolute Gasteiger partial charge is 0.465 e. The highest BCUT2D eigenvalue weighted by atomic mass is 32.1. The molecule has 0 saturated heterocycles. The van der Waals surface area contributed by atoms with Crippen LogP contribution in [0.15, 0.2) is 24.3 Å². The normalized spacial score (nSPS) is 9.56. The number of carboxylic acid groups (broad SMARTS) is 1. The van der Waals surface area contributed by atoms with Gasteiger partial charge in [-0.3, -0.25) is 0 Å². The minimum absolute atomic E-state index is 0.387. The van der Waals surface area contributed by atoms with E-state index in [4.69, 9.17) is 23.1 Å². The first-order chi connectivity index (χ1) is 8.59. The summed E-state index contributed by atoms with van der Waals surface area (Å²) >= 11 is 5.08. The predicted octanol–water partition coefficient (Wildman–Crippen LogP) is 1.21. The van der Waals surface area contributed by atoms with Crippen LogP contribution in [-0.4, -0.2) is 29.4 Å². The summed E-state index contributed by atoms with van der Waals surface area (Å²) in [6, 6.07) is 7.31. The van der Waals surface area contributed by atoms with Gasteiger partial charge in [0.1, 0.15) is 0 Å². The monoisotopic (exact) mass is 268 g/mol. The standard InChI is InChI=1S/C11H16N4O2S/c12-8-4-1-2-5-9(8)15-10(18)13-6-3-7-14-11(16)17/h1-2,4-5,14H,3,6-7,12H2,(H,16,17)(H2,13,15,18). The van der Waals surface area contributed by atoms with Gasteiger partial charge < -0.3 is 26.8 Å². The smallest absolute Gasteiger partial charge is 0.404 e. The number of nitrogen functional groups attached to an aromatic ring is 1. The lowest BCUT2D eigenvalue weighted by atomic mass is 10.3. The van der Waals surface area contributed by atoms with Crippen molar-refractivity contribution in [3.05, 3.63) is 24.3 Å². The Morgan fingerprint density at radius 3 is 2.61 bits per heavy atom. The number of nitrogens with two attached hydrogens (primary N) is 1. The van der Waals surface area contributed by atoms with Crippen molar-refractivity contribution < 1.29 is 9.90 Å². The van der Waals surface area contributed by atoms with E-state index < -0.39 is 6.09 Å². The van der Waals surface area contributed by atoms with Gasteiger partial charge in [0.15, 0.2) is 5.11 Å². The van der Waals surface area contributed by atoms with Crippen LogP contribution in [0.1, 0.15) is 6.42 Å². The lowest BCUT2D eigenvalue weighted by Crippen LogP contribution is -2.32. The van der Waals surface area contributed by atoms with Gasteiger partial charge in [0, 0.05) is 13.1 Å². The summed E-state index contributed by atoms with van der Waals surface area (Å²) in [6.45, 7) is 0.970. The van der Waals surface area contributed by atoms with Gasteiger partial charge in [0.25, 0.3) is 0 Å². The van der Waals surface area contributed by atoms with E-state index in [1.807, 2.05) is 18.2 Å². The molecule has 0 aliphatic rings. The molecule has 1 aromatic rings. The van der Waals surface area contributed by atoms with E-state index in [9.17, 15) is 4.79 Å². The van der Waals surface area contributed by atoms with Crippen LogP contribution in [0, 0.1) is 0 Å². The van der Waals surface area contributed by atoms with Crippen LogP contribution in [0.2, 0.25) is 0 Å².